The molecule has 0 saturated heterocycles. The van der Waals surface area contributed by atoms with Crippen molar-refractivity contribution in [1.29, 1.82) is 0 Å². The van der Waals surface area contributed by atoms with Crippen LogP contribution in [-0.4, -0.2) is 11.6 Å². The van der Waals surface area contributed by atoms with Gasteiger partial charge in [-0.1, -0.05) is 32.8 Å². The van der Waals surface area contributed by atoms with E-state index >= 15 is 0 Å². The second-order valence-corrected chi connectivity index (χ2v) is 8.00. The molecule has 0 radical (unpaired) electrons. The van der Waals surface area contributed by atoms with Gasteiger partial charge in [-0.05, 0) is 61.9 Å². The number of Topliss-reactive ketones (excluding diaryl/α,β-unsaturated/α-hetero) is 2. The maximum atomic E-state index is 13.2. The van der Waals surface area contributed by atoms with E-state index in [9.17, 15) is 9.59 Å². The van der Waals surface area contributed by atoms with Crippen molar-refractivity contribution in [2.45, 2.75) is 71.6 Å². The predicted molar refractivity (Wildman–Crippen MR) is 88.4 cm³/mol. The van der Waals surface area contributed by atoms with Crippen molar-refractivity contribution >= 4 is 11.6 Å². The summed E-state index contributed by atoms with van der Waals surface area (Å²) in [5.41, 5.74) is 1.08. The van der Waals surface area contributed by atoms with Crippen LogP contribution >= 0.6 is 0 Å². The van der Waals surface area contributed by atoms with E-state index in [1.807, 2.05) is 0 Å². The van der Waals surface area contributed by atoms with E-state index in [4.69, 9.17) is 0 Å². The Morgan fingerprint density at radius 1 is 1.14 bits per heavy atom. The number of ketones is 2. The van der Waals surface area contributed by atoms with Crippen molar-refractivity contribution in [3.05, 3.63) is 11.6 Å². The highest BCUT2D eigenvalue weighted by Gasteiger charge is 2.48. The fourth-order valence-corrected chi connectivity index (χ4v) is 5.13. The van der Waals surface area contributed by atoms with Crippen LogP contribution in [0.1, 0.15) is 71.6 Å². The van der Waals surface area contributed by atoms with Crippen LogP contribution in [0.3, 0.4) is 0 Å². The molecule has 2 fully saturated rings. The van der Waals surface area contributed by atoms with Crippen LogP contribution in [0.25, 0.3) is 0 Å². The lowest BCUT2D eigenvalue weighted by Crippen LogP contribution is -2.47. The molecule has 22 heavy (non-hydrogen) atoms. The Kier molecular flexibility index (Phi) is 4.84. The van der Waals surface area contributed by atoms with Gasteiger partial charge in [-0.15, -0.1) is 0 Å². The van der Waals surface area contributed by atoms with Crippen LogP contribution in [0.4, 0.5) is 0 Å². The lowest BCUT2D eigenvalue weighted by molar-refractivity contribution is -0.140. The molecule has 0 aromatic carbocycles. The summed E-state index contributed by atoms with van der Waals surface area (Å²) in [6.07, 6.45) is 11.7. The first kappa shape index (κ1) is 16.0. The standard InChI is InChI=1S/C20H30O2/c1-13(2)17-12-18(21)15-10-6-7-11-16(15)19(17)20(22)14-8-4-3-5-9-14/h8,13,15-17,19H,3-7,9-12H2,1-2H3/t15-,16+,17-,19+/m0/s1. The first-order valence-corrected chi connectivity index (χ1v) is 9.35. The van der Waals surface area contributed by atoms with Crippen LogP contribution < -0.4 is 0 Å². The van der Waals surface area contributed by atoms with E-state index in [1.165, 1.54) is 19.3 Å². The van der Waals surface area contributed by atoms with Crippen molar-refractivity contribution in [2.24, 2.45) is 29.6 Å². The van der Waals surface area contributed by atoms with Gasteiger partial charge in [0.05, 0.1) is 0 Å². The monoisotopic (exact) mass is 302 g/mol. The number of rotatable bonds is 3. The molecule has 2 saturated carbocycles. The molecule has 0 heterocycles. The van der Waals surface area contributed by atoms with Gasteiger partial charge < -0.3 is 0 Å². The van der Waals surface area contributed by atoms with Crippen LogP contribution in [0.2, 0.25) is 0 Å². The van der Waals surface area contributed by atoms with E-state index in [2.05, 4.69) is 19.9 Å². The summed E-state index contributed by atoms with van der Waals surface area (Å²) in [5.74, 6) is 2.17. The average molecular weight is 302 g/mol. The molecule has 0 unspecified atom stereocenters. The Bertz CT molecular complexity index is 474. The predicted octanol–water partition coefficient (Wildman–Crippen LogP) is 4.72. The summed E-state index contributed by atoms with van der Waals surface area (Å²) >= 11 is 0. The topological polar surface area (TPSA) is 34.1 Å². The Hall–Kier alpha value is -0.920. The molecule has 3 aliphatic rings. The van der Waals surface area contributed by atoms with Crippen LogP contribution in [0.15, 0.2) is 11.6 Å². The first-order chi connectivity index (χ1) is 10.6. The molecule has 0 spiro atoms. The summed E-state index contributed by atoms with van der Waals surface area (Å²) in [5, 5.41) is 0. The smallest absolute Gasteiger partial charge is 0.162 e. The highest BCUT2D eigenvalue weighted by molar-refractivity contribution is 5.99. The number of carbonyl (C=O) groups excluding carboxylic acids is 2. The van der Waals surface area contributed by atoms with Crippen molar-refractivity contribution in [1.82, 2.24) is 0 Å². The molecule has 3 aliphatic carbocycles. The van der Waals surface area contributed by atoms with Gasteiger partial charge in [0.15, 0.2) is 5.78 Å². The average Bonchev–Trinajstić information content (AvgIpc) is 2.55. The van der Waals surface area contributed by atoms with Crippen molar-refractivity contribution < 1.29 is 9.59 Å². The maximum absolute atomic E-state index is 13.2. The molecule has 0 aromatic heterocycles. The fourth-order valence-electron chi connectivity index (χ4n) is 5.13. The molecule has 0 aliphatic heterocycles. The maximum Gasteiger partial charge on any atom is 0.162 e. The van der Waals surface area contributed by atoms with Crippen molar-refractivity contribution in [2.75, 3.05) is 0 Å². The number of hydrogen-bond donors (Lipinski definition) is 0. The Labute approximate surface area is 134 Å². The molecule has 4 atom stereocenters. The summed E-state index contributed by atoms with van der Waals surface area (Å²) < 4.78 is 0. The quantitative estimate of drug-likeness (QED) is 0.755. The molecular formula is C20H30O2. The summed E-state index contributed by atoms with van der Waals surface area (Å²) in [6.45, 7) is 4.38. The zero-order valence-electron chi connectivity index (χ0n) is 14.1. The summed E-state index contributed by atoms with van der Waals surface area (Å²) in [6, 6.07) is 0. The Morgan fingerprint density at radius 3 is 2.59 bits per heavy atom. The molecule has 0 N–H and O–H groups in total. The van der Waals surface area contributed by atoms with Gasteiger partial charge >= 0.3 is 0 Å². The summed E-state index contributed by atoms with van der Waals surface area (Å²) in [4.78, 5) is 25.8. The zero-order valence-corrected chi connectivity index (χ0v) is 14.1. The molecule has 0 bridgehead atoms. The SMILES string of the molecule is CC(C)[C@@H]1CC(=O)[C@H]2CCCC[C@H]2[C@H]1C(=O)C1=CCCCC1. The van der Waals surface area contributed by atoms with Gasteiger partial charge in [-0.25, -0.2) is 0 Å². The van der Waals surface area contributed by atoms with Crippen LogP contribution in [0, 0.1) is 29.6 Å². The summed E-state index contributed by atoms with van der Waals surface area (Å²) in [7, 11) is 0. The minimum absolute atomic E-state index is 0.118. The van der Waals surface area contributed by atoms with Gasteiger partial charge in [0.2, 0.25) is 0 Å². The normalized spacial score (nSPS) is 36.0. The highest BCUT2D eigenvalue weighted by atomic mass is 16.1. The minimum Gasteiger partial charge on any atom is -0.299 e. The third kappa shape index (κ3) is 2.94. The molecule has 3 rings (SSSR count). The second-order valence-electron chi connectivity index (χ2n) is 8.00. The van der Waals surface area contributed by atoms with E-state index in [0.717, 1.165) is 37.7 Å². The lowest BCUT2D eigenvalue weighted by Gasteiger charge is -2.45. The van der Waals surface area contributed by atoms with Crippen molar-refractivity contribution in [3.63, 3.8) is 0 Å². The molecule has 2 heteroatoms. The molecular weight excluding hydrogens is 272 g/mol. The van der Waals surface area contributed by atoms with Gasteiger partial charge in [0, 0.05) is 18.3 Å². The van der Waals surface area contributed by atoms with E-state index in [1.54, 1.807) is 0 Å². The second kappa shape index (κ2) is 6.68. The third-order valence-corrected chi connectivity index (χ3v) is 6.36. The molecule has 0 aromatic rings. The first-order valence-electron chi connectivity index (χ1n) is 9.35. The van der Waals surface area contributed by atoms with E-state index in [0.29, 0.717) is 29.8 Å². The van der Waals surface area contributed by atoms with E-state index in [-0.39, 0.29) is 17.8 Å². The number of fused-ring (bicyclic) bond motifs is 1. The zero-order chi connectivity index (χ0) is 15.7. The Balaban J connectivity index is 1.90. The van der Waals surface area contributed by atoms with Gasteiger partial charge in [-0.3, -0.25) is 9.59 Å². The number of hydrogen-bond acceptors (Lipinski definition) is 2. The molecule has 122 valence electrons. The van der Waals surface area contributed by atoms with Gasteiger partial charge in [0.1, 0.15) is 5.78 Å². The highest BCUT2D eigenvalue weighted by Crippen LogP contribution is 2.48. The van der Waals surface area contributed by atoms with Gasteiger partial charge in [-0.2, -0.15) is 0 Å². The minimum atomic E-state index is 0.118. The van der Waals surface area contributed by atoms with Crippen molar-refractivity contribution in [3.8, 4) is 0 Å². The fraction of sp³-hybridized carbons (Fsp3) is 0.800. The number of carbonyl (C=O) groups is 2. The molecule has 0 amide bonds. The number of allylic oxidation sites excluding steroid dienone is 2. The molecule has 2 nitrogen and oxygen atoms in total. The largest absolute Gasteiger partial charge is 0.299 e. The van der Waals surface area contributed by atoms with Gasteiger partial charge in [0.25, 0.3) is 0 Å². The van der Waals surface area contributed by atoms with E-state index < -0.39 is 0 Å². The lowest BCUT2D eigenvalue weighted by atomic mass is 9.57. The Morgan fingerprint density at radius 2 is 1.91 bits per heavy atom. The van der Waals surface area contributed by atoms with Crippen LogP contribution in [-0.2, 0) is 9.59 Å². The third-order valence-electron chi connectivity index (χ3n) is 6.36. The van der Waals surface area contributed by atoms with Crippen LogP contribution in [0.5, 0.6) is 0 Å².